The van der Waals surface area contributed by atoms with Crippen molar-refractivity contribution in [2.75, 3.05) is 7.11 Å². The Morgan fingerprint density at radius 2 is 1.88 bits per heavy atom. The maximum absolute atomic E-state index is 13.2. The number of likely N-dealkylation sites (tertiary alicyclic amines) is 1. The number of carbonyl (C=O) groups is 1. The van der Waals surface area contributed by atoms with E-state index in [-0.39, 0.29) is 17.0 Å². The number of methoxy groups -OCH3 is 1. The van der Waals surface area contributed by atoms with E-state index in [4.69, 9.17) is 9.16 Å². The number of rotatable bonds is 4. The van der Waals surface area contributed by atoms with Crippen LogP contribution in [0, 0.1) is 0 Å². The van der Waals surface area contributed by atoms with E-state index in [1.165, 1.54) is 0 Å². The summed E-state index contributed by atoms with van der Waals surface area (Å²) in [7, 11) is -0.348. The topological polar surface area (TPSA) is 38.8 Å². The first-order chi connectivity index (χ1) is 12.1. The molecule has 1 fully saturated rings. The van der Waals surface area contributed by atoms with Crippen molar-refractivity contribution in [3.05, 3.63) is 48.0 Å². The lowest BCUT2D eigenvalue weighted by Gasteiger charge is -2.45. The molecule has 3 rings (SSSR count). The Labute approximate surface area is 158 Å². The second-order valence-electron chi connectivity index (χ2n) is 8.98. The maximum atomic E-state index is 13.2. The van der Waals surface area contributed by atoms with Gasteiger partial charge in [-0.2, -0.15) is 0 Å². The fourth-order valence-corrected chi connectivity index (χ4v) is 5.34. The number of ether oxygens (including phenoxy) is 1. The predicted octanol–water partition coefficient (Wildman–Crippen LogP) is 4.59. The Morgan fingerprint density at radius 3 is 2.46 bits per heavy atom. The van der Waals surface area contributed by atoms with Gasteiger partial charge in [0.25, 0.3) is 5.91 Å². The van der Waals surface area contributed by atoms with Crippen LogP contribution in [-0.4, -0.2) is 44.1 Å². The molecule has 5 heteroatoms. The van der Waals surface area contributed by atoms with Gasteiger partial charge in [0.1, 0.15) is 5.60 Å². The van der Waals surface area contributed by atoms with Crippen LogP contribution in [0.25, 0.3) is 0 Å². The zero-order valence-electron chi connectivity index (χ0n) is 16.8. The molecular formula is C21H31NO3Si. The van der Waals surface area contributed by atoms with Gasteiger partial charge < -0.3 is 14.1 Å². The third-order valence-electron chi connectivity index (χ3n) is 6.16. The molecule has 1 amide bonds. The summed E-state index contributed by atoms with van der Waals surface area (Å²) in [6, 6.07) is 9.58. The zero-order valence-corrected chi connectivity index (χ0v) is 17.8. The van der Waals surface area contributed by atoms with Gasteiger partial charge in [0.05, 0.1) is 0 Å². The molecule has 1 aliphatic carbocycles. The minimum absolute atomic E-state index is 0.0202. The molecule has 0 aromatic heterocycles. The van der Waals surface area contributed by atoms with Gasteiger partial charge in [-0.1, -0.05) is 51.1 Å². The number of hydrogen-bond donors (Lipinski definition) is 0. The highest BCUT2D eigenvalue weighted by atomic mass is 28.4. The smallest absolute Gasteiger partial charge is 0.256 e. The van der Waals surface area contributed by atoms with Crippen LogP contribution in [0.4, 0.5) is 0 Å². The van der Waals surface area contributed by atoms with Crippen molar-refractivity contribution in [2.24, 2.45) is 0 Å². The normalized spacial score (nSPS) is 28.5. The van der Waals surface area contributed by atoms with Crippen LogP contribution in [0.5, 0.6) is 0 Å². The first-order valence-corrected chi connectivity index (χ1v) is 12.3. The van der Waals surface area contributed by atoms with E-state index in [0.717, 1.165) is 12.8 Å². The van der Waals surface area contributed by atoms with Gasteiger partial charge in [-0.05, 0) is 36.7 Å². The van der Waals surface area contributed by atoms with Crippen LogP contribution >= 0.6 is 0 Å². The van der Waals surface area contributed by atoms with Crippen molar-refractivity contribution < 1.29 is 14.0 Å². The molecule has 2 bridgehead atoms. The van der Waals surface area contributed by atoms with Crippen LogP contribution in [0.1, 0.15) is 44.0 Å². The summed E-state index contributed by atoms with van der Waals surface area (Å²) in [5, 5.41) is 0.0949. The number of carbonyl (C=O) groups excluding carboxylic acids is 1. The van der Waals surface area contributed by atoms with Crippen molar-refractivity contribution >= 4 is 14.2 Å². The van der Waals surface area contributed by atoms with Gasteiger partial charge in [-0.3, -0.25) is 4.79 Å². The highest BCUT2D eigenvalue weighted by Crippen LogP contribution is 2.48. The van der Waals surface area contributed by atoms with Crippen LogP contribution in [0.2, 0.25) is 18.1 Å². The number of benzene rings is 1. The van der Waals surface area contributed by atoms with E-state index >= 15 is 0 Å². The summed E-state index contributed by atoms with van der Waals surface area (Å²) in [6.45, 7) is 11.2. The maximum Gasteiger partial charge on any atom is 0.256 e. The minimum atomic E-state index is -2.03. The molecule has 1 aromatic carbocycles. The summed E-state index contributed by atoms with van der Waals surface area (Å²) in [6.07, 6.45) is 5.56. The van der Waals surface area contributed by atoms with Gasteiger partial charge in [0.15, 0.2) is 14.5 Å². The average Bonchev–Trinajstić information content (AvgIpc) is 2.79. The van der Waals surface area contributed by atoms with E-state index in [9.17, 15) is 4.79 Å². The molecule has 1 unspecified atom stereocenters. The van der Waals surface area contributed by atoms with Crippen molar-refractivity contribution in [1.29, 1.82) is 0 Å². The third kappa shape index (κ3) is 3.17. The molecule has 4 nitrogen and oxygen atoms in total. The molecule has 3 atom stereocenters. The largest absolute Gasteiger partial charge is 0.403 e. The lowest BCUT2D eigenvalue weighted by Crippen LogP contribution is -2.55. The lowest BCUT2D eigenvalue weighted by molar-refractivity contribution is -0.0842. The molecule has 2 aliphatic rings. The molecule has 0 saturated carbocycles. The van der Waals surface area contributed by atoms with Crippen molar-refractivity contribution in [2.45, 2.75) is 69.6 Å². The molecule has 1 heterocycles. The molecular weight excluding hydrogens is 342 g/mol. The molecule has 1 aliphatic heterocycles. The monoisotopic (exact) mass is 373 g/mol. The molecule has 1 aromatic rings. The Morgan fingerprint density at radius 1 is 1.23 bits per heavy atom. The van der Waals surface area contributed by atoms with E-state index in [1.807, 2.05) is 35.2 Å². The van der Waals surface area contributed by atoms with Gasteiger partial charge in [-0.25, -0.2) is 0 Å². The molecule has 26 heavy (non-hydrogen) atoms. The van der Waals surface area contributed by atoms with E-state index < -0.39 is 20.1 Å². The molecule has 0 spiro atoms. The van der Waals surface area contributed by atoms with Crippen LogP contribution in [0.15, 0.2) is 42.5 Å². The Kier molecular flexibility index (Phi) is 4.92. The Bertz CT molecular complexity index is 695. The summed E-state index contributed by atoms with van der Waals surface area (Å²) >= 11 is 0. The van der Waals surface area contributed by atoms with Crippen LogP contribution in [-0.2, 0) is 9.16 Å². The van der Waals surface area contributed by atoms with E-state index in [1.54, 1.807) is 7.11 Å². The fraction of sp³-hybridized carbons (Fsp3) is 0.571. The highest BCUT2D eigenvalue weighted by Gasteiger charge is 2.58. The molecule has 1 saturated heterocycles. The number of amides is 1. The molecule has 0 radical (unpaired) electrons. The zero-order chi connectivity index (χ0) is 19.2. The average molecular weight is 374 g/mol. The predicted molar refractivity (Wildman–Crippen MR) is 107 cm³/mol. The molecule has 0 N–H and O–H groups in total. The number of fused-ring (bicyclic) bond motifs is 2. The number of nitrogens with zero attached hydrogens (tertiary/aromatic N) is 1. The lowest BCUT2D eigenvalue weighted by atomic mass is 9.92. The second-order valence-corrected chi connectivity index (χ2v) is 13.7. The molecule has 142 valence electrons. The van der Waals surface area contributed by atoms with Gasteiger partial charge >= 0.3 is 0 Å². The quantitative estimate of drug-likeness (QED) is 0.572. The third-order valence-corrected chi connectivity index (χ3v) is 10.7. The van der Waals surface area contributed by atoms with Gasteiger partial charge in [0, 0.05) is 25.1 Å². The Balaban J connectivity index is 1.96. The van der Waals surface area contributed by atoms with Crippen LogP contribution < -0.4 is 0 Å². The van der Waals surface area contributed by atoms with Crippen molar-refractivity contribution in [3.8, 4) is 0 Å². The summed E-state index contributed by atoms with van der Waals surface area (Å²) in [5.41, 5.74) is 0.148. The first-order valence-electron chi connectivity index (χ1n) is 9.40. The Hall–Kier alpha value is -1.43. The van der Waals surface area contributed by atoms with Gasteiger partial charge in [-0.15, -0.1) is 0 Å². The standard InChI is InChI=1S/C21H31NO3Si/c1-20(2,3)26(5,6)25-21-14-10-13-17(15-21)22(19(21)24-4)18(23)16-11-8-7-9-12-16/h7-12,14,17,19H,13,15H2,1-6H3/t17-,19?,21-/m1/s1. The minimum Gasteiger partial charge on any atom is -0.403 e. The highest BCUT2D eigenvalue weighted by molar-refractivity contribution is 6.74. The second kappa shape index (κ2) is 6.62. The fourth-order valence-electron chi connectivity index (χ4n) is 3.84. The van der Waals surface area contributed by atoms with E-state index in [2.05, 4.69) is 46.0 Å². The van der Waals surface area contributed by atoms with Gasteiger partial charge in [0.2, 0.25) is 0 Å². The van der Waals surface area contributed by atoms with Crippen molar-refractivity contribution in [1.82, 2.24) is 4.90 Å². The van der Waals surface area contributed by atoms with Crippen LogP contribution in [0.3, 0.4) is 0 Å². The van der Waals surface area contributed by atoms with Crippen molar-refractivity contribution in [3.63, 3.8) is 0 Å². The summed E-state index contributed by atoms with van der Waals surface area (Å²) in [4.78, 5) is 15.1. The summed E-state index contributed by atoms with van der Waals surface area (Å²) < 4.78 is 12.8. The number of hydrogen-bond acceptors (Lipinski definition) is 3. The SMILES string of the molecule is COC1N(C(=O)c2ccccc2)[C@@H]2CC=C[C@@]1(O[Si](C)(C)C(C)(C)C)C2. The first kappa shape index (κ1) is 19.3. The van der Waals surface area contributed by atoms with E-state index in [0.29, 0.717) is 5.56 Å². The summed E-state index contributed by atoms with van der Waals surface area (Å²) in [5.74, 6) is 0.0202.